The standard InChI is InChI=1S/C13H23F3N2O4S/c1-3-7-23(20,21)18-6-4-5-11(18)12(19)17-10(2)8-22-9-13(14,15)16/h10-11H,3-9H2,1-2H3,(H,17,19). The van der Waals surface area contributed by atoms with Gasteiger partial charge < -0.3 is 10.1 Å². The van der Waals surface area contributed by atoms with E-state index < -0.39 is 40.8 Å². The maximum Gasteiger partial charge on any atom is 0.411 e. The quantitative estimate of drug-likeness (QED) is 0.707. The number of sulfonamides is 1. The summed E-state index contributed by atoms with van der Waals surface area (Å²) in [5, 5.41) is 2.51. The van der Waals surface area contributed by atoms with Crippen LogP contribution in [0.2, 0.25) is 0 Å². The summed E-state index contributed by atoms with van der Waals surface area (Å²) < 4.78 is 65.8. The molecule has 0 bridgehead atoms. The van der Waals surface area contributed by atoms with Gasteiger partial charge >= 0.3 is 6.18 Å². The van der Waals surface area contributed by atoms with Gasteiger partial charge in [-0.05, 0) is 26.2 Å². The van der Waals surface area contributed by atoms with Gasteiger partial charge in [-0.2, -0.15) is 17.5 Å². The van der Waals surface area contributed by atoms with Gasteiger partial charge in [0, 0.05) is 12.6 Å². The first kappa shape index (κ1) is 20.2. The summed E-state index contributed by atoms with van der Waals surface area (Å²) in [5.74, 6) is -0.522. The zero-order chi connectivity index (χ0) is 17.7. The van der Waals surface area contributed by atoms with Crippen LogP contribution in [0, 0.1) is 0 Å². The average Bonchev–Trinajstić information content (AvgIpc) is 2.86. The molecular weight excluding hydrogens is 337 g/mol. The number of hydrogen-bond donors (Lipinski definition) is 1. The molecule has 1 saturated heterocycles. The Morgan fingerprint density at radius 3 is 2.65 bits per heavy atom. The van der Waals surface area contributed by atoms with Crippen molar-refractivity contribution < 1.29 is 31.1 Å². The summed E-state index contributed by atoms with van der Waals surface area (Å²) >= 11 is 0. The summed E-state index contributed by atoms with van der Waals surface area (Å²) in [5.41, 5.74) is 0. The number of halogens is 3. The molecule has 1 rings (SSSR count). The number of amides is 1. The van der Waals surface area contributed by atoms with E-state index in [0.29, 0.717) is 25.8 Å². The molecule has 2 atom stereocenters. The third-order valence-electron chi connectivity index (χ3n) is 3.35. The van der Waals surface area contributed by atoms with Crippen molar-refractivity contribution in [3.05, 3.63) is 0 Å². The Morgan fingerprint density at radius 1 is 1.43 bits per heavy atom. The lowest BCUT2D eigenvalue weighted by molar-refractivity contribution is -0.175. The fraction of sp³-hybridized carbons (Fsp3) is 0.923. The Balaban J connectivity index is 2.53. The molecule has 0 radical (unpaired) electrons. The van der Waals surface area contributed by atoms with Crippen LogP contribution < -0.4 is 5.32 Å². The largest absolute Gasteiger partial charge is 0.411 e. The van der Waals surface area contributed by atoms with Gasteiger partial charge in [0.2, 0.25) is 15.9 Å². The van der Waals surface area contributed by atoms with Crippen LogP contribution in [-0.2, 0) is 19.6 Å². The van der Waals surface area contributed by atoms with Crippen LogP contribution in [0.15, 0.2) is 0 Å². The first-order chi connectivity index (χ1) is 10.6. The molecule has 1 heterocycles. The van der Waals surface area contributed by atoms with E-state index in [9.17, 15) is 26.4 Å². The van der Waals surface area contributed by atoms with Crippen molar-refractivity contribution in [2.75, 3.05) is 25.5 Å². The fourth-order valence-corrected chi connectivity index (χ4v) is 4.19. The zero-order valence-electron chi connectivity index (χ0n) is 13.2. The van der Waals surface area contributed by atoms with E-state index in [4.69, 9.17) is 0 Å². The SMILES string of the molecule is CCCS(=O)(=O)N1CCCC1C(=O)NC(C)COCC(F)(F)F. The highest BCUT2D eigenvalue weighted by atomic mass is 32.2. The zero-order valence-corrected chi connectivity index (χ0v) is 14.0. The highest BCUT2D eigenvalue weighted by molar-refractivity contribution is 7.89. The molecule has 0 aromatic rings. The van der Waals surface area contributed by atoms with Crippen LogP contribution in [0.25, 0.3) is 0 Å². The van der Waals surface area contributed by atoms with Gasteiger partial charge in [-0.25, -0.2) is 8.42 Å². The summed E-state index contributed by atoms with van der Waals surface area (Å²) in [7, 11) is -3.48. The molecule has 1 aliphatic heterocycles. The van der Waals surface area contributed by atoms with E-state index >= 15 is 0 Å². The number of nitrogens with zero attached hydrogens (tertiary/aromatic N) is 1. The van der Waals surface area contributed by atoms with Gasteiger partial charge in [-0.15, -0.1) is 0 Å². The van der Waals surface area contributed by atoms with Crippen molar-refractivity contribution in [1.82, 2.24) is 9.62 Å². The minimum Gasteiger partial charge on any atom is -0.370 e. The maximum atomic E-state index is 12.2. The highest BCUT2D eigenvalue weighted by Crippen LogP contribution is 2.22. The number of rotatable bonds is 8. The molecule has 0 spiro atoms. The average molecular weight is 360 g/mol. The number of nitrogens with one attached hydrogen (secondary N) is 1. The Bertz CT molecular complexity index is 496. The van der Waals surface area contributed by atoms with Gasteiger partial charge in [-0.3, -0.25) is 4.79 Å². The molecule has 0 aromatic heterocycles. The minimum atomic E-state index is -4.42. The van der Waals surface area contributed by atoms with E-state index in [1.165, 1.54) is 11.2 Å². The monoisotopic (exact) mass is 360 g/mol. The third-order valence-corrected chi connectivity index (χ3v) is 5.42. The van der Waals surface area contributed by atoms with Gasteiger partial charge in [0.05, 0.1) is 12.4 Å². The first-order valence-corrected chi connectivity index (χ1v) is 9.12. The lowest BCUT2D eigenvalue weighted by Crippen LogP contribution is -2.49. The van der Waals surface area contributed by atoms with Crippen LogP contribution in [-0.4, -0.2) is 62.4 Å². The van der Waals surface area contributed by atoms with E-state index in [0.717, 1.165) is 0 Å². The summed E-state index contributed by atoms with van der Waals surface area (Å²) in [6.07, 6.45) is -2.97. The molecule has 10 heteroatoms. The van der Waals surface area contributed by atoms with Crippen molar-refractivity contribution in [2.45, 2.75) is 51.4 Å². The second-order valence-electron chi connectivity index (χ2n) is 5.62. The lowest BCUT2D eigenvalue weighted by Gasteiger charge is -2.25. The molecule has 136 valence electrons. The summed E-state index contributed by atoms with van der Waals surface area (Å²) in [4.78, 5) is 12.2. The Kier molecular flexibility index (Phi) is 7.28. The number of carbonyl (C=O) groups is 1. The number of ether oxygens (including phenoxy) is 1. The topological polar surface area (TPSA) is 75.7 Å². The van der Waals surface area contributed by atoms with Crippen molar-refractivity contribution in [1.29, 1.82) is 0 Å². The molecule has 0 aliphatic carbocycles. The molecule has 6 nitrogen and oxygen atoms in total. The van der Waals surface area contributed by atoms with Crippen molar-refractivity contribution in [2.24, 2.45) is 0 Å². The lowest BCUT2D eigenvalue weighted by atomic mass is 10.2. The molecule has 0 aromatic carbocycles. The molecule has 1 amide bonds. The Morgan fingerprint density at radius 2 is 2.09 bits per heavy atom. The van der Waals surface area contributed by atoms with Crippen LogP contribution >= 0.6 is 0 Å². The van der Waals surface area contributed by atoms with Gasteiger partial charge in [-0.1, -0.05) is 6.92 Å². The summed E-state index contributed by atoms with van der Waals surface area (Å²) in [6, 6.07) is -1.43. The molecular formula is C13H23F3N2O4S. The Labute approximate surface area is 134 Å². The normalized spacial score (nSPS) is 21.3. The fourth-order valence-electron chi connectivity index (χ4n) is 2.44. The molecule has 1 N–H and O–H groups in total. The summed E-state index contributed by atoms with van der Waals surface area (Å²) in [6.45, 7) is 1.86. The smallest absolute Gasteiger partial charge is 0.370 e. The van der Waals surface area contributed by atoms with Crippen LogP contribution in [0.1, 0.15) is 33.1 Å². The number of carbonyl (C=O) groups excluding carboxylic acids is 1. The van der Waals surface area contributed by atoms with Gasteiger partial charge in [0.15, 0.2) is 0 Å². The second kappa shape index (κ2) is 8.29. The molecule has 1 fully saturated rings. The van der Waals surface area contributed by atoms with Crippen LogP contribution in [0.5, 0.6) is 0 Å². The highest BCUT2D eigenvalue weighted by Gasteiger charge is 2.38. The minimum absolute atomic E-state index is 0.0268. The second-order valence-corrected chi connectivity index (χ2v) is 7.67. The maximum absolute atomic E-state index is 12.2. The molecule has 23 heavy (non-hydrogen) atoms. The van der Waals surface area contributed by atoms with Gasteiger partial charge in [0.1, 0.15) is 12.6 Å². The van der Waals surface area contributed by atoms with Crippen molar-refractivity contribution in [3.63, 3.8) is 0 Å². The predicted octanol–water partition coefficient (Wildman–Crippen LogP) is 1.27. The van der Waals surface area contributed by atoms with Crippen molar-refractivity contribution >= 4 is 15.9 Å². The van der Waals surface area contributed by atoms with Crippen LogP contribution in [0.3, 0.4) is 0 Å². The van der Waals surface area contributed by atoms with E-state index in [-0.39, 0.29) is 12.4 Å². The third kappa shape index (κ3) is 6.64. The predicted molar refractivity (Wildman–Crippen MR) is 78.3 cm³/mol. The molecule has 2 unspecified atom stereocenters. The Hall–Kier alpha value is -0.870. The number of alkyl halides is 3. The number of hydrogen-bond acceptors (Lipinski definition) is 4. The van der Waals surface area contributed by atoms with E-state index in [1.807, 2.05) is 0 Å². The molecule has 1 aliphatic rings. The molecule has 0 saturated carbocycles. The van der Waals surface area contributed by atoms with E-state index in [2.05, 4.69) is 10.1 Å². The van der Waals surface area contributed by atoms with Crippen LogP contribution in [0.4, 0.5) is 13.2 Å². The first-order valence-electron chi connectivity index (χ1n) is 7.51. The van der Waals surface area contributed by atoms with Crippen molar-refractivity contribution in [3.8, 4) is 0 Å². The van der Waals surface area contributed by atoms with Gasteiger partial charge in [0.25, 0.3) is 0 Å². The van der Waals surface area contributed by atoms with E-state index in [1.54, 1.807) is 6.92 Å².